The smallest absolute Gasteiger partial charge is 0.251 e. The van der Waals surface area contributed by atoms with Gasteiger partial charge >= 0.3 is 0 Å². The van der Waals surface area contributed by atoms with Crippen molar-refractivity contribution >= 4 is 35.0 Å². The van der Waals surface area contributed by atoms with Crippen molar-refractivity contribution in [1.82, 2.24) is 9.97 Å². The Morgan fingerprint density at radius 2 is 2.24 bits per heavy atom. The van der Waals surface area contributed by atoms with Gasteiger partial charge in [-0.2, -0.15) is 0 Å². The molecule has 0 unspecified atom stereocenters. The lowest BCUT2D eigenvalue weighted by molar-refractivity contribution is -0.113. The van der Waals surface area contributed by atoms with Crippen LogP contribution < -0.4 is 10.9 Å². The van der Waals surface area contributed by atoms with Gasteiger partial charge in [0, 0.05) is 17.4 Å². The van der Waals surface area contributed by atoms with Crippen molar-refractivity contribution in [2.24, 2.45) is 0 Å². The molecule has 1 aromatic heterocycles. The number of nitrogens with zero attached hydrogens (tertiary/aromatic N) is 1. The number of carbonyl (C=O) groups excluding carboxylic acids is 1. The standard InChI is InChI=1S/C13H11ClFN3O2S/c1-7-4-11(19)18-13(16-7)21-6-12(20)17-8-2-3-10(15)9(14)5-8/h2-5H,6H2,1H3,(H,17,20)(H,16,18,19). The Hall–Kier alpha value is -1.86. The van der Waals surface area contributed by atoms with E-state index in [9.17, 15) is 14.0 Å². The van der Waals surface area contributed by atoms with E-state index in [0.29, 0.717) is 16.5 Å². The minimum absolute atomic E-state index is 0.0569. The largest absolute Gasteiger partial charge is 0.325 e. The molecule has 1 heterocycles. The fourth-order valence-corrected chi connectivity index (χ4v) is 2.43. The predicted molar refractivity (Wildman–Crippen MR) is 80.4 cm³/mol. The Kier molecular flexibility index (Phi) is 4.98. The highest BCUT2D eigenvalue weighted by atomic mass is 35.5. The molecular weight excluding hydrogens is 317 g/mol. The molecular formula is C13H11ClFN3O2S. The molecule has 2 aromatic rings. The SMILES string of the molecule is Cc1cc(=O)[nH]c(SCC(=O)Nc2ccc(F)c(Cl)c2)n1. The van der Waals surface area contributed by atoms with Gasteiger partial charge in [-0.3, -0.25) is 9.59 Å². The number of halogens is 2. The molecule has 0 aliphatic rings. The minimum Gasteiger partial charge on any atom is -0.325 e. The van der Waals surface area contributed by atoms with E-state index in [1.165, 1.54) is 24.3 Å². The first-order chi connectivity index (χ1) is 9.94. The van der Waals surface area contributed by atoms with Crippen LogP contribution in [-0.4, -0.2) is 21.6 Å². The second-order valence-electron chi connectivity index (χ2n) is 4.16. The quantitative estimate of drug-likeness (QED) is 0.668. The average molecular weight is 328 g/mol. The number of rotatable bonds is 4. The Labute approximate surface area is 128 Å². The van der Waals surface area contributed by atoms with Crippen molar-refractivity contribution in [3.8, 4) is 0 Å². The third-order valence-electron chi connectivity index (χ3n) is 2.39. The lowest BCUT2D eigenvalue weighted by Crippen LogP contribution is -2.15. The third-order valence-corrected chi connectivity index (χ3v) is 3.55. The first-order valence-electron chi connectivity index (χ1n) is 5.90. The first kappa shape index (κ1) is 15.5. The molecule has 0 saturated heterocycles. The van der Waals surface area contributed by atoms with Gasteiger partial charge in [0.05, 0.1) is 10.8 Å². The van der Waals surface area contributed by atoms with Crippen molar-refractivity contribution in [2.45, 2.75) is 12.1 Å². The van der Waals surface area contributed by atoms with Gasteiger partial charge in [-0.1, -0.05) is 23.4 Å². The third kappa shape index (κ3) is 4.57. The number of aromatic nitrogens is 2. The number of anilines is 1. The molecule has 2 N–H and O–H groups in total. The summed E-state index contributed by atoms with van der Waals surface area (Å²) in [5, 5.41) is 2.88. The summed E-state index contributed by atoms with van der Waals surface area (Å²) in [4.78, 5) is 29.6. The summed E-state index contributed by atoms with van der Waals surface area (Å²) in [5.74, 6) is -0.807. The van der Waals surface area contributed by atoms with Crippen LogP contribution in [0.15, 0.2) is 34.2 Å². The van der Waals surface area contributed by atoms with Gasteiger partial charge in [-0.15, -0.1) is 0 Å². The van der Waals surface area contributed by atoms with Crippen LogP contribution in [0.4, 0.5) is 10.1 Å². The fourth-order valence-electron chi connectivity index (χ4n) is 1.52. The monoisotopic (exact) mass is 327 g/mol. The highest BCUT2D eigenvalue weighted by Crippen LogP contribution is 2.20. The summed E-state index contributed by atoms with van der Waals surface area (Å²) in [7, 11) is 0. The van der Waals surface area contributed by atoms with Gasteiger partial charge in [-0.25, -0.2) is 9.37 Å². The molecule has 0 bridgehead atoms. The molecule has 0 aliphatic carbocycles. The maximum absolute atomic E-state index is 13.0. The maximum Gasteiger partial charge on any atom is 0.251 e. The number of hydrogen-bond donors (Lipinski definition) is 2. The lowest BCUT2D eigenvalue weighted by atomic mass is 10.3. The zero-order valence-electron chi connectivity index (χ0n) is 10.9. The summed E-state index contributed by atoms with van der Waals surface area (Å²) < 4.78 is 13.0. The van der Waals surface area contributed by atoms with Crippen molar-refractivity contribution in [1.29, 1.82) is 0 Å². The number of amides is 1. The zero-order chi connectivity index (χ0) is 15.4. The van der Waals surface area contributed by atoms with Gasteiger partial charge in [0.25, 0.3) is 5.56 Å². The van der Waals surface area contributed by atoms with Gasteiger partial charge in [0.2, 0.25) is 5.91 Å². The van der Waals surface area contributed by atoms with E-state index in [-0.39, 0.29) is 22.2 Å². The normalized spacial score (nSPS) is 10.4. The molecule has 0 radical (unpaired) electrons. The van der Waals surface area contributed by atoms with Crippen molar-refractivity contribution in [2.75, 3.05) is 11.1 Å². The average Bonchev–Trinajstić information content (AvgIpc) is 2.40. The number of benzene rings is 1. The molecule has 5 nitrogen and oxygen atoms in total. The Morgan fingerprint density at radius 1 is 1.48 bits per heavy atom. The van der Waals surface area contributed by atoms with Gasteiger partial charge in [-0.05, 0) is 25.1 Å². The van der Waals surface area contributed by atoms with E-state index >= 15 is 0 Å². The summed E-state index contributed by atoms with van der Waals surface area (Å²) in [6.45, 7) is 1.69. The highest BCUT2D eigenvalue weighted by molar-refractivity contribution is 7.99. The van der Waals surface area contributed by atoms with E-state index in [1.54, 1.807) is 6.92 Å². The van der Waals surface area contributed by atoms with Gasteiger partial charge in [0.1, 0.15) is 5.82 Å². The number of nitrogens with one attached hydrogen (secondary N) is 2. The van der Waals surface area contributed by atoms with Crippen LogP contribution in [0.1, 0.15) is 5.69 Å². The topological polar surface area (TPSA) is 74.8 Å². The van der Waals surface area contributed by atoms with Crippen LogP contribution in [0.2, 0.25) is 5.02 Å². The molecule has 0 atom stereocenters. The molecule has 8 heteroatoms. The van der Waals surface area contributed by atoms with Crippen molar-refractivity contribution in [3.05, 3.63) is 51.2 Å². The Bertz CT molecular complexity index is 736. The van der Waals surface area contributed by atoms with Crippen molar-refractivity contribution in [3.63, 3.8) is 0 Å². The van der Waals surface area contributed by atoms with Gasteiger partial charge in [0.15, 0.2) is 5.16 Å². The van der Waals surface area contributed by atoms with E-state index < -0.39 is 5.82 Å². The second kappa shape index (κ2) is 6.73. The number of hydrogen-bond acceptors (Lipinski definition) is 4. The fraction of sp³-hybridized carbons (Fsp3) is 0.154. The Balaban J connectivity index is 1.95. The molecule has 21 heavy (non-hydrogen) atoms. The molecule has 1 amide bonds. The van der Waals surface area contributed by atoms with Crippen molar-refractivity contribution < 1.29 is 9.18 Å². The maximum atomic E-state index is 13.0. The van der Waals surface area contributed by atoms with E-state index in [2.05, 4.69) is 15.3 Å². The molecule has 1 aromatic carbocycles. The minimum atomic E-state index is -0.550. The van der Waals surface area contributed by atoms with Crippen LogP contribution in [-0.2, 0) is 4.79 Å². The molecule has 0 saturated carbocycles. The van der Waals surface area contributed by atoms with E-state index in [4.69, 9.17) is 11.6 Å². The molecule has 0 fully saturated rings. The molecule has 110 valence electrons. The second-order valence-corrected chi connectivity index (χ2v) is 5.53. The zero-order valence-corrected chi connectivity index (χ0v) is 12.5. The summed E-state index contributed by atoms with van der Waals surface area (Å²) in [5.41, 5.74) is 0.709. The summed E-state index contributed by atoms with van der Waals surface area (Å²) >= 11 is 6.72. The first-order valence-corrected chi connectivity index (χ1v) is 7.26. The van der Waals surface area contributed by atoms with Crippen LogP contribution in [0.5, 0.6) is 0 Å². The number of thioether (sulfide) groups is 1. The molecule has 0 aliphatic heterocycles. The summed E-state index contributed by atoms with van der Waals surface area (Å²) in [6, 6.07) is 5.28. The lowest BCUT2D eigenvalue weighted by Gasteiger charge is -2.06. The highest BCUT2D eigenvalue weighted by Gasteiger charge is 2.07. The summed E-state index contributed by atoms with van der Waals surface area (Å²) in [6.07, 6.45) is 0. The van der Waals surface area contributed by atoms with E-state index in [0.717, 1.165) is 11.8 Å². The number of carbonyl (C=O) groups is 1. The van der Waals surface area contributed by atoms with Gasteiger partial charge < -0.3 is 10.3 Å². The van der Waals surface area contributed by atoms with Crippen LogP contribution in [0, 0.1) is 12.7 Å². The molecule has 2 rings (SSSR count). The number of H-pyrrole nitrogens is 1. The van der Waals surface area contributed by atoms with Crippen LogP contribution in [0.25, 0.3) is 0 Å². The van der Waals surface area contributed by atoms with Crippen LogP contribution in [0.3, 0.4) is 0 Å². The number of aryl methyl sites for hydroxylation is 1. The number of aromatic amines is 1. The Morgan fingerprint density at radius 3 is 2.90 bits per heavy atom. The van der Waals surface area contributed by atoms with E-state index in [1.807, 2.05) is 0 Å². The predicted octanol–water partition coefficient (Wildman–Crippen LogP) is 2.60. The van der Waals surface area contributed by atoms with Crippen LogP contribution >= 0.6 is 23.4 Å². The molecule has 0 spiro atoms.